The van der Waals surface area contributed by atoms with Crippen LogP contribution in [0.5, 0.6) is 0 Å². The zero-order valence-corrected chi connectivity index (χ0v) is 6.29. The molecule has 1 fully saturated rings. The predicted octanol–water partition coefficient (Wildman–Crippen LogP) is 2.71. The number of hydrogen-bond donors (Lipinski definition) is 0. The van der Waals surface area contributed by atoms with Crippen LogP contribution in [-0.2, 0) is 0 Å². The SMILES string of the molecule is CCC1(Br)CCC1. The van der Waals surface area contributed by atoms with Crippen LogP contribution in [0.1, 0.15) is 32.6 Å². The van der Waals surface area contributed by atoms with Gasteiger partial charge in [0.15, 0.2) is 0 Å². The zero-order chi connectivity index (χ0) is 5.33. The molecule has 0 aliphatic heterocycles. The Kier molecular flexibility index (Phi) is 1.42. The van der Waals surface area contributed by atoms with E-state index in [1.54, 1.807) is 0 Å². The molecule has 1 saturated carbocycles. The van der Waals surface area contributed by atoms with Gasteiger partial charge in [0, 0.05) is 4.32 Å². The first-order chi connectivity index (χ1) is 3.27. The van der Waals surface area contributed by atoms with Crippen molar-refractivity contribution in [3.8, 4) is 0 Å². The van der Waals surface area contributed by atoms with E-state index in [2.05, 4.69) is 22.9 Å². The summed E-state index contributed by atoms with van der Waals surface area (Å²) in [7, 11) is 0. The summed E-state index contributed by atoms with van der Waals surface area (Å²) >= 11 is 3.67. The molecule has 0 spiro atoms. The minimum atomic E-state index is 0.576. The van der Waals surface area contributed by atoms with Crippen LogP contribution in [0.3, 0.4) is 0 Å². The van der Waals surface area contributed by atoms with Gasteiger partial charge in [0.2, 0.25) is 0 Å². The summed E-state index contributed by atoms with van der Waals surface area (Å²) in [6, 6.07) is 0. The normalized spacial score (nSPS) is 26.6. The number of halogens is 1. The van der Waals surface area contributed by atoms with Gasteiger partial charge in [-0.3, -0.25) is 0 Å². The first-order valence-electron chi connectivity index (χ1n) is 2.96. The molecule has 0 radical (unpaired) electrons. The van der Waals surface area contributed by atoms with Gasteiger partial charge in [-0.2, -0.15) is 0 Å². The van der Waals surface area contributed by atoms with Crippen molar-refractivity contribution < 1.29 is 0 Å². The third kappa shape index (κ3) is 0.987. The van der Waals surface area contributed by atoms with Crippen molar-refractivity contribution >= 4 is 15.9 Å². The molecule has 0 saturated heterocycles. The summed E-state index contributed by atoms with van der Waals surface area (Å²) in [5, 5.41) is 0. The molecule has 0 nitrogen and oxygen atoms in total. The van der Waals surface area contributed by atoms with E-state index in [1.165, 1.54) is 25.7 Å². The highest BCUT2D eigenvalue weighted by Gasteiger charge is 2.31. The lowest BCUT2D eigenvalue weighted by Gasteiger charge is -2.34. The summed E-state index contributed by atoms with van der Waals surface area (Å²) in [4.78, 5) is 0. The Bertz CT molecular complexity index is 59.1. The molecule has 7 heavy (non-hydrogen) atoms. The molecule has 0 aromatic carbocycles. The first kappa shape index (κ1) is 5.61. The highest BCUT2D eigenvalue weighted by Crippen LogP contribution is 2.42. The van der Waals surface area contributed by atoms with Crippen LogP contribution in [0, 0.1) is 0 Å². The van der Waals surface area contributed by atoms with Gasteiger partial charge in [0.05, 0.1) is 0 Å². The maximum absolute atomic E-state index is 3.67. The molecule has 0 amide bonds. The molecule has 0 atom stereocenters. The molecular weight excluding hydrogens is 152 g/mol. The van der Waals surface area contributed by atoms with Gasteiger partial charge >= 0.3 is 0 Å². The number of hydrogen-bond acceptors (Lipinski definition) is 0. The molecule has 0 N–H and O–H groups in total. The van der Waals surface area contributed by atoms with Crippen LogP contribution in [0.2, 0.25) is 0 Å². The summed E-state index contributed by atoms with van der Waals surface area (Å²) in [5.41, 5.74) is 0. The van der Waals surface area contributed by atoms with Crippen molar-refractivity contribution in [1.82, 2.24) is 0 Å². The lowest BCUT2D eigenvalue weighted by Crippen LogP contribution is -2.28. The fourth-order valence-corrected chi connectivity index (χ4v) is 1.47. The maximum atomic E-state index is 3.67. The first-order valence-corrected chi connectivity index (χ1v) is 3.75. The Morgan fingerprint density at radius 2 is 2.14 bits per heavy atom. The molecule has 0 unspecified atom stereocenters. The van der Waals surface area contributed by atoms with Crippen LogP contribution in [-0.4, -0.2) is 4.32 Å². The Hall–Kier alpha value is 0.480. The fourth-order valence-electron chi connectivity index (χ4n) is 0.914. The number of alkyl halides is 1. The molecular formula is C6H11Br. The largest absolute Gasteiger partial charge is 0.0853 e. The molecule has 0 bridgehead atoms. The lowest BCUT2D eigenvalue weighted by atomic mass is 9.83. The third-order valence-electron chi connectivity index (χ3n) is 1.88. The van der Waals surface area contributed by atoms with Crippen molar-refractivity contribution in [1.29, 1.82) is 0 Å². The van der Waals surface area contributed by atoms with E-state index in [-0.39, 0.29) is 0 Å². The summed E-state index contributed by atoms with van der Waals surface area (Å²) < 4.78 is 0.576. The molecule has 42 valence electrons. The maximum Gasteiger partial charge on any atom is 0.0255 e. The molecule has 0 heterocycles. The van der Waals surface area contributed by atoms with Crippen LogP contribution in [0.15, 0.2) is 0 Å². The van der Waals surface area contributed by atoms with Crippen molar-refractivity contribution in [2.24, 2.45) is 0 Å². The van der Waals surface area contributed by atoms with E-state index in [9.17, 15) is 0 Å². The average Bonchev–Trinajstić information content (AvgIpc) is 1.61. The van der Waals surface area contributed by atoms with Gasteiger partial charge in [-0.05, 0) is 19.3 Å². The van der Waals surface area contributed by atoms with Gasteiger partial charge in [-0.25, -0.2) is 0 Å². The molecule has 1 aliphatic carbocycles. The summed E-state index contributed by atoms with van der Waals surface area (Å²) in [5.74, 6) is 0. The fraction of sp³-hybridized carbons (Fsp3) is 1.00. The molecule has 1 heteroatoms. The quantitative estimate of drug-likeness (QED) is 0.521. The van der Waals surface area contributed by atoms with Gasteiger partial charge in [0.25, 0.3) is 0 Å². The van der Waals surface area contributed by atoms with Crippen LogP contribution < -0.4 is 0 Å². The second-order valence-corrected chi connectivity index (χ2v) is 4.04. The second-order valence-electron chi connectivity index (χ2n) is 2.36. The Morgan fingerprint density at radius 1 is 1.57 bits per heavy atom. The van der Waals surface area contributed by atoms with E-state index in [0.29, 0.717) is 4.32 Å². The van der Waals surface area contributed by atoms with Crippen molar-refractivity contribution in [3.63, 3.8) is 0 Å². The van der Waals surface area contributed by atoms with E-state index in [0.717, 1.165) is 0 Å². The van der Waals surface area contributed by atoms with Gasteiger partial charge in [0.1, 0.15) is 0 Å². The van der Waals surface area contributed by atoms with E-state index in [1.807, 2.05) is 0 Å². The van der Waals surface area contributed by atoms with Gasteiger partial charge < -0.3 is 0 Å². The molecule has 0 aromatic heterocycles. The average molecular weight is 163 g/mol. The van der Waals surface area contributed by atoms with Gasteiger partial charge in [-0.15, -0.1) is 0 Å². The third-order valence-corrected chi connectivity index (χ3v) is 3.24. The van der Waals surface area contributed by atoms with Gasteiger partial charge in [-0.1, -0.05) is 29.3 Å². The minimum Gasteiger partial charge on any atom is -0.0853 e. The highest BCUT2D eigenvalue weighted by molar-refractivity contribution is 9.10. The van der Waals surface area contributed by atoms with Crippen LogP contribution in [0.25, 0.3) is 0 Å². The standard InChI is InChI=1S/C6H11Br/c1-2-6(7)4-3-5-6/h2-5H2,1H3. The minimum absolute atomic E-state index is 0.576. The second kappa shape index (κ2) is 1.77. The summed E-state index contributed by atoms with van der Waals surface area (Å²) in [6.07, 6.45) is 5.51. The number of rotatable bonds is 1. The molecule has 1 rings (SSSR count). The van der Waals surface area contributed by atoms with E-state index < -0.39 is 0 Å². The lowest BCUT2D eigenvalue weighted by molar-refractivity contribution is 0.363. The topological polar surface area (TPSA) is 0 Å². The predicted molar refractivity (Wildman–Crippen MR) is 35.8 cm³/mol. The molecule has 1 aliphatic rings. The Balaban J connectivity index is 2.29. The van der Waals surface area contributed by atoms with Crippen molar-refractivity contribution in [2.75, 3.05) is 0 Å². The zero-order valence-electron chi connectivity index (χ0n) is 4.71. The van der Waals surface area contributed by atoms with Crippen LogP contribution >= 0.6 is 15.9 Å². The van der Waals surface area contributed by atoms with Crippen LogP contribution in [0.4, 0.5) is 0 Å². The monoisotopic (exact) mass is 162 g/mol. The Morgan fingerprint density at radius 3 is 2.14 bits per heavy atom. The Labute approximate surface area is 53.4 Å². The molecule has 0 aromatic rings. The van der Waals surface area contributed by atoms with Crippen molar-refractivity contribution in [2.45, 2.75) is 36.9 Å². The smallest absolute Gasteiger partial charge is 0.0255 e. The highest BCUT2D eigenvalue weighted by atomic mass is 79.9. The van der Waals surface area contributed by atoms with Crippen molar-refractivity contribution in [3.05, 3.63) is 0 Å². The van der Waals surface area contributed by atoms with E-state index in [4.69, 9.17) is 0 Å². The summed E-state index contributed by atoms with van der Waals surface area (Å²) in [6.45, 7) is 2.24. The van der Waals surface area contributed by atoms with E-state index >= 15 is 0 Å².